The maximum absolute atomic E-state index is 11.8. The molecule has 0 spiro atoms. The van der Waals surface area contributed by atoms with Crippen LogP contribution in [-0.2, 0) is 9.53 Å². The van der Waals surface area contributed by atoms with E-state index in [9.17, 15) is 4.79 Å². The highest BCUT2D eigenvalue weighted by Gasteiger charge is 2.17. The Labute approximate surface area is 183 Å². The first kappa shape index (κ1) is 27.8. The lowest BCUT2D eigenvalue weighted by atomic mass is 10.1. The van der Waals surface area contributed by atoms with E-state index in [1.807, 2.05) is 12.2 Å². The molecule has 0 saturated carbocycles. The smallest absolute Gasteiger partial charge is 0.309 e. The van der Waals surface area contributed by atoms with E-state index in [1.165, 1.54) is 0 Å². The highest BCUT2D eigenvalue weighted by Crippen LogP contribution is 2.08. The molecular formula is C26H40O4. The van der Waals surface area contributed by atoms with Crippen molar-refractivity contribution in [2.24, 2.45) is 5.92 Å². The fourth-order valence-electron chi connectivity index (χ4n) is 2.33. The first-order chi connectivity index (χ1) is 14.7. The minimum atomic E-state index is -0.828. The molecule has 4 nitrogen and oxygen atoms in total. The molecule has 0 heterocycles. The van der Waals surface area contributed by atoms with Gasteiger partial charge >= 0.3 is 5.97 Å². The van der Waals surface area contributed by atoms with Gasteiger partial charge < -0.3 is 14.9 Å². The van der Waals surface area contributed by atoms with Gasteiger partial charge in [0, 0.05) is 0 Å². The fraction of sp³-hybridized carbons (Fsp3) is 0.500. The Hall–Kier alpha value is -2.17. The van der Waals surface area contributed by atoms with Crippen molar-refractivity contribution >= 4 is 5.97 Å². The zero-order chi connectivity index (χ0) is 22.3. The van der Waals surface area contributed by atoms with Crippen LogP contribution in [0.2, 0.25) is 0 Å². The summed E-state index contributed by atoms with van der Waals surface area (Å²) in [4.78, 5) is 11.8. The number of aliphatic hydroxyl groups is 2. The van der Waals surface area contributed by atoms with Gasteiger partial charge in [0.25, 0.3) is 0 Å². The number of aliphatic hydroxyl groups excluding tert-OH is 2. The van der Waals surface area contributed by atoms with Gasteiger partial charge in [0.1, 0.15) is 6.10 Å². The van der Waals surface area contributed by atoms with Gasteiger partial charge in [0.15, 0.2) is 0 Å². The van der Waals surface area contributed by atoms with E-state index in [4.69, 9.17) is 14.9 Å². The first-order valence-electron chi connectivity index (χ1n) is 11.0. The molecule has 0 aliphatic carbocycles. The minimum Gasteiger partial charge on any atom is -0.457 e. The van der Waals surface area contributed by atoms with Gasteiger partial charge in [-0.3, -0.25) is 4.79 Å². The molecule has 1 unspecified atom stereocenters. The summed E-state index contributed by atoms with van der Waals surface area (Å²) >= 11 is 0. The molecule has 2 N–H and O–H groups in total. The monoisotopic (exact) mass is 416 g/mol. The van der Waals surface area contributed by atoms with E-state index in [0.717, 1.165) is 38.5 Å². The van der Waals surface area contributed by atoms with Gasteiger partial charge in [-0.25, -0.2) is 0 Å². The molecule has 0 aromatic rings. The molecule has 168 valence electrons. The first-order valence-corrected chi connectivity index (χ1v) is 11.0. The van der Waals surface area contributed by atoms with Crippen LogP contribution in [0.4, 0.5) is 0 Å². The van der Waals surface area contributed by atoms with Gasteiger partial charge in [-0.1, -0.05) is 86.8 Å². The minimum absolute atomic E-state index is 0.296. The summed E-state index contributed by atoms with van der Waals surface area (Å²) in [7, 11) is 0. The largest absolute Gasteiger partial charge is 0.457 e. The number of rotatable bonds is 17. The SMILES string of the molecule is CC/C=C/C/C=C/C/C=C/C/C=C/C/C=C/C/C=C/CC(C)C(=O)OC(CO)CO. The lowest BCUT2D eigenvalue weighted by Crippen LogP contribution is -2.28. The van der Waals surface area contributed by atoms with E-state index in [-0.39, 0.29) is 19.1 Å². The molecule has 0 aromatic carbocycles. The Bertz CT molecular complexity index is 578. The Morgan fingerprint density at radius 3 is 1.43 bits per heavy atom. The van der Waals surface area contributed by atoms with Crippen LogP contribution in [0.25, 0.3) is 0 Å². The molecule has 0 amide bonds. The van der Waals surface area contributed by atoms with Gasteiger partial charge in [0.2, 0.25) is 0 Å². The molecular weight excluding hydrogens is 376 g/mol. The van der Waals surface area contributed by atoms with Crippen molar-refractivity contribution in [2.45, 2.75) is 64.9 Å². The fourth-order valence-corrected chi connectivity index (χ4v) is 2.33. The summed E-state index contributed by atoms with van der Waals surface area (Å²) in [5.41, 5.74) is 0. The van der Waals surface area contributed by atoms with Gasteiger partial charge in [-0.2, -0.15) is 0 Å². The van der Waals surface area contributed by atoms with Crippen molar-refractivity contribution in [3.63, 3.8) is 0 Å². The van der Waals surface area contributed by atoms with Crippen molar-refractivity contribution in [1.82, 2.24) is 0 Å². The lowest BCUT2D eigenvalue weighted by molar-refractivity contribution is -0.157. The molecule has 1 atom stereocenters. The summed E-state index contributed by atoms with van der Waals surface area (Å²) < 4.78 is 4.99. The normalized spacial score (nSPS) is 14.0. The maximum atomic E-state index is 11.8. The third-order valence-corrected chi connectivity index (χ3v) is 4.18. The van der Waals surface area contributed by atoms with Crippen LogP contribution in [0, 0.1) is 5.92 Å². The van der Waals surface area contributed by atoms with Crippen molar-refractivity contribution in [3.05, 3.63) is 72.9 Å². The van der Waals surface area contributed by atoms with Crippen LogP contribution in [-0.4, -0.2) is 35.5 Å². The Morgan fingerprint density at radius 2 is 1.07 bits per heavy atom. The number of carbonyl (C=O) groups is 1. The second kappa shape index (κ2) is 21.5. The molecule has 4 heteroatoms. The zero-order valence-electron chi connectivity index (χ0n) is 18.7. The van der Waals surface area contributed by atoms with Crippen LogP contribution in [0.15, 0.2) is 72.9 Å². The number of ether oxygens (including phenoxy) is 1. The molecule has 0 rings (SSSR count). The van der Waals surface area contributed by atoms with Crippen LogP contribution in [0.3, 0.4) is 0 Å². The van der Waals surface area contributed by atoms with Gasteiger partial charge in [-0.15, -0.1) is 0 Å². The third kappa shape index (κ3) is 17.9. The Kier molecular flexibility index (Phi) is 20.0. The topological polar surface area (TPSA) is 66.8 Å². The summed E-state index contributed by atoms with van der Waals surface area (Å²) in [6.45, 7) is 3.18. The van der Waals surface area contributed by atoms with Crippen LogP contribution >= 0.6 is 0 Å². The maximum Gasteiger partial charge on any atom is 0.309 e. The summed E-state index contributed by atoms with van der Waals surface area (Å²) in [6, 6.07) is 0. The van der Waals surface area contributed by atoms with Crippen molar-refractivity contribution in [1.29, 1.82) is 0 Å². The predicted molar refractivity (Wildman–Crippen MR) is 126 cm³/mol. The van der Waals surface area contributed by atoms with Crippen LogP contribution in [0.1, 0.15) is 58.8 Å². The third-order valence-electron chi connectivity index (χ3n) is 4.18. The highest BCUT2D eigenvalue weighted by atomic mass is 16.6. The molecule has 0 aromatic heterocycles. The van der Waals surface area contributed by atoms with E-state index >= 15 is 0 Å². The van der Waals surface area contributed by atoms with Crippen LogP contribution in [0.5, 0.6) is 0 Å². The van der Waals surface area contributed by atoms with E-state index < -0.39 is 12.1 Å². The molecule has 0 aliphatic heterocycles. The molecule has 0 saturated heterocycles. The van der Waals surface area contributed by atoms with E-state index in [2.05, 4.69) is 67.7 Å². The van der Waals surface area contributed by atoms with Crippen molar-refractivity contribution in [2.75, 3.05) is 13.2 Å². The number of carbonyl (C=O) groups excluding carboxylic acids is 1. The number of hydrogen-bond donors (Lipinski definition) is 2. The zero-order valence-corrected chi connectivity index (χ0v) is 18.7. The van der Waals surface area contributed by atoms with Crippen LogP contribution < -0.4 is 0 Å². The molecule has 30 heavy (non-hydrogen) atoms. The standard InChI is InChI=1S/C26H40O4/c1-3-4-5-6-7-8-9-10-11-12-13-14-15-16-17-18-19-20-21-24(2)26(29)30-25(22-27)23-28/h4-5,7-8,10-11,13-14,16-17,19-20,24-25,27-28H,3,6,9,12,15,18,21-23H2,1-2H3/b5-4+,8-7+,11-10+,14-13+,17-16+,20-19+. The second-order valence-electron chi connectivity index (χ2n) is 6.98. The Morgan fingerprint density at radius 1 is 0.700 bits per heavy atom. The predicted octanol–water partition coefficient (Wildman–Crippen LogP) is 5.61. The van der Waals surface area contributed by atoms with Crippen molar-refractivity contribution < 1.29 is 19.7 Å². The molecule has 0 bridgehead atoms. The molecule has 0 fully saturated rings. The summed E-state index contributed by atoms with van der Waals surface area (Å²) in [5.74, 6) is -0.696. The van der Waals surface area contributed by atoms with E-state index in [1.54, 1.807) is 6.92 Å². The van der Waals surface area contributed by atoms with Crippen molar-refractivity contribution in [3.8, 4) is 0 Å². The quantitative estimate of drug-likeness (QED) is 0.239. The van der Waals surface area contributed by atoms with Gasteiger partial charge in [-0.05, 0) is 44.9 Å². The Balaban J connectivity index is 3.77. The number of esters is 1. The highest BCUT2D eigenvalue weighted by molar-refractivity contribution is 5.72. The average molecular weight is 417 g/mol. The second-order valence-corrected chi connectivity index (χ2v) is 6.98. The molecule has 0 radical (unpaired) electrons. The summed E-state index contributed by atoms with van der Waals surface area (Å²) in [5, 5.41) is 17.8. The number of hydrogen-bond acceptors (Lipinski definition) is 4. The molecule has 0 aliphatic rings. The van der Waals surface area contributed by atoms with E-state index in [0.29, 0.717) is 6.42 Å². The lowest BCUT2D eigenvalue weighted by Gasteiger charge is -2.15. The average Bonchev–Trinajstić information content (AvgIpc) is 2.76. The number of allylic oxidation sites excluding steroid dienone is 12. The van der Waals surface area contributed by atoms with Gasteiger partial charge in [0.05, 0.1) is 19.1 Å². The summed E-state index contributed by atoms with van der Waals surface area (Å²) in [6.07, 6.45) is 31.2.